The summed E-state index contributed by atoms with van der Waals surface area (Å²) in [6.07, 6.45) is 0.737. The molecule has 3 rings (SSSR count). The molecule has 0 saturated carbocycles. The summed E-state index contributed by atoms with van der Waals surface area (Å²) in [7, 11) is 2.17. The second kappa shape index (κ2) is 6.92. The van der Waals surface area contributed by atoms with Gasteiger partial charge in [-0.1, -0.05) is 36.4 Å². The fourth-order valence-electron chi connectivity index (χ4n) is 3.03. The number of thiophene rings is 1. The van der Waals surface area contributed by atoms with Crippen molar-refractivity contribution >= 4 is 11.3 Å². The first-order valence-electron chi connectivity index (χ1n) is 7.91. The van der Waals surface area contributed by atoms with Crippen molar-refractivity contribution in [3.63, 3.8) is 0 Å². The van der Waals surface area contributed by atoms with Crippen LogP contribution in [0.5, 0.6) is 0 Å². The highest BCUT2D eigenvalue weighted by molar-refractivity contribution is 7.10. The zero-order valence-corrected chi connectivity index (χ0v) is 13.9. The van der Waals surface area contributed by atoms with Crippen LogP contribution in [0.1, 0.15) is 16.9 Å². The monoisotopic (exact) mass is 316 g/mol. The molecule has 1 atom stereocenters. The van der Waals surface area contributed by atoms with Gasteiger partial charge in [-0.3, -0.25) is 0 Å². The zero-order valence-electron chi connectivity index (χ0n) is 13.1. The Labute approximate surface area is 136 Å². The Morgan fingerprint density at radius 2 is 1.77 bits per heavy atom. The number of hydrogen-bond donors (Lipinski definition) is 1. The summed E-state index contributed by atoms with van der Waals surface area (Å²) in [5.74, 6) is 0. The molecule has 118 valence electrons. The van der Waals surface area contributed by atoms with Gasteiger partial charge in [0, 0.05) is 37.6 Å². The van der Waals surface area contributed by atoms with Gasteiger partial charge in [-0.25, -0.2) is 0 Å². The Bertz CT molecular complexity index is 564. The van der Waals surface area contributed by atoms with E-state index in [-0.39, 0.29) is 0 Å². The van der Waals surface area contributed by atoms with Gasteiger partial charge in [0.15, 0.2) is 0 Å². The summed E-state index contributed by atoms with van der Waals surface area (Å²) in [6.45, 7) is 5.33. The van der Waals surface area contributed by atoms with E-state index in [2.05, 4.69) is 16.8 Å². The second-order valence-electron chi connectivity index (χ2n) is 6.10. The molecule has 1 fully saturated rings. The number of piperazine rings is 1. The van der Waals surface area contributed by atoms with Crippen molar-refractivity contribution in [2.75, 3.05) is 39.8 Å². The Morgan fingerprint density at radius 3 is 2.41 bits per heavy atom. The van der Waals surface area contributed by atoms with Gasteiger partial charge in [-0.05, 0) is 30.5 Å². The molecule has 1 aliphatic rings. The molecule has 0 aliphatic carbocycles. The van der Waals surface area contributed by atoms with Gasteiger partial charge >= 0.3 is 0 Å². The predicted octanol–water partition coefficient (Wildman–Crippen LogP) is 2.62. The summed E-state index contributed by atoms with van der Waals surface area (Å²) in [6, 6.07) is 14.1. The van der Waals surface area contributed by atoms with Gasteiger partial charge in [0.2, 0.25) is 0 Å². The molecule has 1 aromatic carbocycles. The van der Waals surface area contributed by atoms with E-state index in [1.165, 1.54) is 0 Å². The normalized spacial score (nSPS) is 19.9. The van der Waals surface area contributed by atoms with Crippen LogP contribution in [0.15, 0.2) is 47.8 Å². The minimum Gasteiger partial charge on any atom is -0.379 e. The average molecular weight is 316 g/mol. The van der Waals surface area contributed by atoms with Crippen molar-refractivity contribution in [3.05, 3.63) is 58.3 Å². The van der Waals surface area contributed by atoms with E-state index >= 15 is 0 Å². The van der Waals surface area contributed by atoms with Crippen molar-refractivity contribution in [2.45, 2.75) is 12.0 Å². The lowest BCUT2D eigenvalue weighted by Gasteiger charge is -2.35. The maximum absolute atomic E-state index is 11.4. The number of hydrogen-bond acceptors (Lipinski definition) is 4. The molecule has 1 aliphatic heterocycles. The molecule has 22 heavy (non-hydrogen) atoms. The molecule has 0 spiro atoms. The fraction of sp³-hybridized carbons (Fsp3) is 0.444. The molecule has 1 unspecified atom stereocenters. The number of rotatable bonds is 5. The first kappa shape index (κ1) is 15.7. The highest BCUT2D eigenvalue weighted by Crippen LogP contribution is 2.35. The van der Waals surface area contributed by atoms with E-state index in [1.807, 2.05) is 47.8 Å². The third-order valence-corrected chi connectivity index (χ3v) is 5.59. The smallest absolute Gasteiger partial charge is 0.125 e. The van der Waals surface area contributed by atoms with Crippen molar-refractivity contribution < 1.29 is 5.11 Å². The molecule has 2 aromatic rings. The van der Waals surface area contributed by atoms with Gasteiger partial charge in [-0.2, -0.15) is 0 Å². The van der Waals surface area contributed by atoms with Gasteiger partial charge < -0.3 is 14.9 Å². The third kappa shape index (κ3) is 3.41. The van der Waals surface area contributed by atoms with Crippen molar-refractivity contribution in [2.24, 2.45) is 0 Å². The Kier molecular flexibility index (Phi) is 4.93. The van der Waals surface area contributed by atoms with Crippen LogP contribution >= 0.6 is 11.3 Å². The second-order valence-corrected chi connectivity index (χ2v) is 7.05. The molecule has 1 N–H and O–H groups in total. The fourth-order valence-corrected chi connectivity index (χ4v) is 3.90. The van der Waals surface area contributed by atoms with E-state index < -0.39 is 5.60 Å². The molecule has 0 bridgehead atoms. The minimum absolute atomic E-state index is 0.737. The minimum atomic E-state index is -0.876. The zero-order chi connectivity index (χ0) is 15.4. The first-order valence-corrected chi connectivity index (χ1v) is 8.79. The number of aliphatic hydroxyl groups is 1. The van der Waals surface area contributed by atoms with Crippen LogP contribution in [0.2, 0.25) is 0 Å². The topological polar surface area (TPSA) is 26.7 Å². The summed E-state index contributed by atoms with van der Waals surface area (Å²) in [5, 5.41) is 13.4. The van der Waals surface area contributed by atoms with Gasteiger partial charge in [0.05, 0.1) is 0 Å². The standard InChI is InChI=1S/C18H24N2OS/c1-19-11-13-20(14-12-19)10-9-18(21,17-8-5-15-22-17)16-6-3-2-4-7-16/h2-8,15,21H,9-14H2,1H3. The lowest BCUT2D eigenvalue weighted by molar-refractivity contribution is 0.0524. The van der Waals surface area contributed by atoms with E-state index in [9.17, 15) is 5.11 Å². The van der Waals surface area contributed by atoms with E-state index in [0.717, 1.165) is 49.6 Å². The number of benzene rings is 1. The van der Waals surface area contributed by atoms with Gasteiger partial charge in [0.25, 0.3) is 0 Å². The van der Waals surface area contributed by atoms with Crippen LogP contribution in [0.25, 0.3) is 0 Å². The van der Waals surface area contributed by atoms with Crippen LogP contribution in [0, 0.1) is 0 Å². The number of nitrogens with zero attached hydrogens (tertiary/aromatic N) is 2. The predicted molar refractivity (Wildman–Crippen MR) is 92.3 cm³/mol. The molecule has 3 nitrogen and oxygen atoms in total. The lowest BCUT2D eigenvalue weighted by atomic mass is 9.88. The Balaban J connectivity index is 1.75. The van der Waals surface area contributed by atoms with E-state index in [1.54, 1.807) is 11.3 Å². The molecule has 0 amide bonds. The largest absolute Gasteiger partial charge is 0.379 e. The van der Waals surface area contributed by atoms with Crippen LogP contribution in [-0.2, 0) is 5.60 Å². The molecule has 1 saturated heterocycles. The Hall–Kier alpha value is -1.20. The van der Waals surface area contributed by atoms with Crippen molar-refractivity contribution in [1.29, 1.82) is 0 Å². The maximum atomic E-state index is 11.4. The number of likely N-dealkylation sites (N-methyl/N-ethyl adjacent to an activating group) is 1. The summed E-state index contributed by atoms with van der Waals surface area (Å²) in [5.41, 5.74) is 0.116. The molecule has 2 heterocycles. The SMILES string of the molecule is CN1CCN(CCC(O)(c2ccccc2)c2cccs2)CC1. The molecule has 1 aromatic heterocycles. The summed E-state index contributed by atoms with van der Waals surface area (Å²) >= 11 is 1.63. The lowest BCUT2D eigenvalue weighted by Crippen LogP contribution is -2.46. The average Bonchev–Trinajstić information content (AvgIpc) is 3.10. The van der Waals surface area contributed by atoms with Crippen LogP contribution in [0.3, 0.4) is 0 Å². The molecular formula is C18H24N2OS. The van der Waals surface area contributed by atoms with E-state index in [0.29, 0.717) is 0 Å². The third-order valence-electron chi connectivity index (χ3n) is 4.57. The molecule has 4 heteroatoms. The maximum Gasteiger partial charge on any atom is 0.125 e. The highest BCUT2D eigenvalue weighted by Gasteiger charge is 2.33. The highest BCUT2D eigenvalue weighted by atomic mass is 32.1. The van der Waals surface area contributed by atoms with Crippen molar-refractivity contribution in [1.82, 2.24) is 9.80 Å². The van der Waals surface area contributed by atoms with E-state index in [4.69, 9.17) is 0 Å². The molecular weight excluding hydrogens is 292 g/mol. The van der Waals surface area contributed by atoms with Gasteiger partial charge in [0.1, 0.15) is 5.60 Å². The first-order chi connectivity index (χ1) is 10.7. The summed E-state index contributed by atoms with van der Waals surface area (Å²) in [4.78, 5) is 5.86. The summed E-state index contributed by atoms with van der Waals surface area (Å²) < 4.78 is 0. The van der Waals surface area contributed by atoms with Crippen molar-refractivity contribution in [3.8, 4) is 0 Å². The van der Waals surface area contributed by atoms with Gasteiger partial charge in [-0.15, -0.1) is 11.3 Å². The van der Waals surface area contributed by atoms with Crippen LogP contribution in [-0.4, -0.2) is 54.7 Å². The van der Waals surface area contributed by atoms with Crippen LogP contribution in [0.4, 0.5) is 0 Å². The molecule has 0 radical (unpaired) electrons. The quantitative estimate of drug-likeness (QED) is 0.918. The Morgan fingerprint density at radius 1 is 1.05 bits per heavy atom. The van der Waals surface area contributed by atoms with Crippen LogP contribution < -0.4 is 0 Å².